The lowest BCUT2D eigenvalue weighted by molar-refractivity contribution is 0.0955. The van der Waals surface area contributed by atoms with Gasteiger partial charge in [0.25, 0.3) is 5.91 Å². The van der Waals surface area contributed by atoms with E-state index >= 15 is 0 Å². The normalized spacial score (nSPS) is 10.9. The summed E-state index contributed by atoms with van der Waals surface area (Å²) >= 11 is 0. The second-order valence-electron chi connectivity index (χ2n) is 5.56. The number of hydrazone groups is 1. The van der Waals surface area contributed by atoms with Crippen LogP contribution in [0.4, 0.5) is 0 Å². The van der Waals surface area contributed by atoms with Crippen LogP contribution in [0.3, 0.4) is 0 Å². The molecule has 0 heterocycles. The van der Waals surface area contributed by atoms with Crippen LogP contribution in [0.1, 0.15) is 41.3 Å². The van der Waals surface area contributed by atoms with Gasteiger partial charge in [-0.05, 0) is 35.7 Å². The second kappa shape index (κ2) is 8.15. The van der Waals surface area contributed by atoms with Gasteiger partial charge in [0.2, 0.25) is 0 Å². The molecule has 0 aliphatic heterocycles. The quantitative estimate of drug-likeness (QED) is 0.652. The first-order chi connectivity index (χ1) is 11.6. The highest BCUT2D eigenvalue weighted by Gasteiger charge is 2.08. The predicted octanol–water partition coefficient (Wildman–Crippen LogP) is 3.59. The molecule has 5 heteroatoms. The number of nitrogens with zero attached hydrogens (tertiary/aromatic N) is 1. The van der Waals surface area contributed by atoms with E-state index in [0.29, 0.717) is 28.5 Å². The van der Waals surface area contributed by atoms with E-state index in [0.717, 1.165) is 0 Å². The largest absolute Gasteiger partial charge is 0.493 e. The van der Waals surface area contributed by atoms with E-state index in [1.165, 1.54) is 11.8 Å². The highest BCUT2D eigenvalue weighted by Crippen LogP contribution is 2.29. The number of benzene rings is 2. The Hall–Kier alpha value is -2.82. The first-order valence-electron chi connectivity index (χ1n) is 7.71. The molecule has 0 atom stereocenters. The molecule has 0 aliphatic rings. The van der Waals surface area contributed by atoms with Gasteiger partial charge in [0.05, 0.1) is 20.4 Å². The summed E-state index contributed by atoms with van der Waals surface area (Å²) in [6, 6.07) is 13.0. The van der Waals surface area contributed by atoms with Crippen LogP contribution in [-0.4, -0.2) is 26.3 Å². The molecule has 2 rings (SSSR count). The zero-order valence-electron chi connectivity index (χ0n) is 14.4. The van der Waals surface area contributed by atoms with Crippen molar-refractivity contribution in [3.8, 4) is 11.5 Å². The Kier molecular flexibility index (Phi) is 5.95. The van der Waals surface area contributed by atoms with Gasteiger partial charge >= 0.3 is 0 Å². The smallest absolute Gasteiger partial charge is 0.271 e. The first-order valence-corrected chi connectivity index (χ1v) is 7.71. The summed E-state index contributed by atoms with van der Waals surface area (Å²) in [4.78, 5) is 12.1. The van der Waals surface area contributed by atoms with Crippen molar-refractivity contribution in [1.82, 2.24) is 5.43 Å². The highest BCUT2D eigenvalue weighted by molar-refractivity contribution is 5.95. The number of nitrogens with one attached hydrogen (secondary N) is 1. The zero-order chi connectivity index (χ0) is 17.5. The third-order valence-electron chi connectivity index (χ3n) is 3.64. The maximum absolute atomic E-state index is 12.1. The van der Waals surface area contributed by atoms with Gasteiger partial charge in [-0.2, -0.15) is 5.10 Å². The van der Waals surface area contributed by atoms with Crippen LogP contribution in [0.2, 0.25) is 0 Å². The molecule has 0 saturated heterocycles. The molecule has 0 aromatic heterocycles. The van der Waals surface area contributed by atoms with Gasteiger partial charge in [0, 0.05) is 11.1 Å². The molecule has 0 aliphatic carbocycles. The average Bonchev–Trinajstić information content (AvgIpc) is 2.61. The fourth-order valence-electron chi connectivity index (χ4n) is 2.26. The molecule has 0 radical (unpaired) electrons. The molecule has 5 nitrogen and oxygen atoms in total. The highest BCUT2D eigenvalue weighted by atomic mass is 16.5. The first kappa shape index (κ1) is 17.5. The van der Waals surface area contributed by atoms with Gasteiger partial charge < -0.3 is 9.47 Å². The Morgan fingerprint density at radius 3 is 2.38 bits per heavy atom. The van der Waals surface area contributed by atoms with Gasteiger partial charge in [-0.25, -0.2) is 5.43 Å². The number of carbonyl (C=O) groups is 1. The Morgan fingerprint density at radius 1 is 1.08 bits per heavy atom. The van der Waals surface area contributed by atoms with E-state index in [-0.39, 0.29) is 5.91 Å². The summed E-state index contributed by atoms with van der Waals surface area (Å²) in [5, 5.41) is 4.00. The van der Waals surface area contributed by atoms with Crippen LogP contribution in [0.15, 0.2) is 47.6 Å². The van der Waals surface area contributed by atoms with Crippen molar-refractivity contribution in [1.29, 1.82) is 0 Å². The van der Waals surface area contributed by atoms with E-state index in [4.69, 9.17) is 9.47 Å². The molecular formula is C19H22N2O3. The molecule has 2 aromatic carbocycles. The Balaban J connectivity index is 2.07. The van der Waals surface area contributed by atoms with E-state index in [2.05, 4.69) is 24.4 Å². The van der Waals surface area contributed by atoms with Gasteiger partial charge in [-0.1, -0.05) is 32.0 Å². The van der Waals surface area contributed by atoms with Gasteiger partial charge in [0.15, 0.2) is 11.5 Å². The van der Waals surface area contributed by atoms with Crippen LogP contribution in [0.5, 0.6) is 11.5 Å². The minimum absolute atomic E-state index is 0.261. The minimum atomic E-state index is -0.261. The van der Waals surface area contributed by atoms with Crippen molar-refractivity contribution in [3.63, 3.8) is 0 Å². The van der Waals surface area contributed by atoms with Crippen molar-refractivity contribution in [2.24, 2.45) is 5.10 Å². The van der Waals surface area contributed by atoms with Gasteiger partial charge in [-0.3, -0.25) is 4.79 Å². The molecule has 1 N–H and O–H groups in total. The number of hydrogen-bond acceptors (Lipinski definition) is 4. The lowest BCUT2D eigenvalue weighted by atomic mass is 10.0. The van der Waals surface area contributed by atoms with Gasteiger partial charge in [0.1, 0.15) is 0 Å². The summed E-state index contributed by atoms with van der Waals surface area (Å²) < 4.78 is 10.5. The van der Waals surface area contributed by atoms with Crippen molar-refractivity contribution in [2.75, 3.05) is 14.2 Å². The maximum Gasteiger partial charge on any atom is 0.271 e. The summed E-state index contributed by atoms with van der Waals surface area (Å²) in [7, 11) is 3.13. The molecule has 0 fully saturated rings. The fourth-order valence-corrected chi connectivity index (χ4v) is 2.26. The fraction of sp³-hybridized carbons (Fsp3) is 0.263. The maximum atomic E-state index is 12.1. The second-order valence-corrected chi connectivity index (χ2v) is 5.56. The van der Waals surface area contributed by atoms with Crippen molar-refractivity contribution in [3.05, 3.63) is 59.2 Å². The summed E-state index contributed by atoms with van der Waals surface area (Å²) in [5.41, 5.74) is 4.99. The number of hydrogen-bond donors (Lipinski definition) is 1. The third-order valence-corrected chi connectivity index (χ3v) is 3.64. The van der Waals surface area contributed by atoms with Crippen LogP contribution < -0.4 is 14.9 Å². The molecule has 0 unspecified atom stereocenters. The molecule has 126 valence electrons. The van der Waals surface area contributed by atoms with E-state index in [1.54, 1.807) is 32.4 Å². The predicted molar refractivity (Wildman–Crippen MR) is 95.1 cm³/mol. The monoisotopic (exact) mass is 326 g/mol. The number of para-hydroxylation sites is 1. The summed E-state index contributed by atoms with van der Waals surface area (Å²) in [5.74, 6) is 1.35. The van der Waals surface area contributed by atoms with Crippen LogP contribution >= 0.6 is 0 Å². The van der Waals surface area contributed by atoms with E-state index in [1.807, 2.05) is 24.3 Å². The molecule has 24 heavy (non-hydrogen) atoms. The Morgan fingerprint density at radius 2 is 1.79 bits per heavy atom. The van der Waals surface area contributed by atoms with Crippen molar-refractivity contribution >= 4 is 12.1 Å². The van der Waals surface area contributed by atoms with Gasteiger partial charge in [-0.15, -0.1) is 0 Å². The lowest BCUT2D eigenvalue weighted by Crippen LogP contribution is -2.17. The molecule has 0 saturated carbocycles. The average molecular weight is 326 g/mol. The summed E-state index contributed by atoms with van der Waals surface area (Å²) in [6.45, 7) is 4.22. The SMILES string of the molecule is COc1cccc(C=NNC(=O)c2ccc(C(C)C)cc2)c1OC. The topological polar surface area (TPSA) is 59.9 Å². The number of rotatable bonds is 6. The zero-order valence-corrected chi connectivity index (χ0v) is 14.4. The number of ether oxygens (including phenoxy) is 2. The minimum Gasteiger partial charge on any atom is -0.493 e. The van der Waals surface area contributed by atoms with Crippen molar-refractivity contribution < 1.29 is 14.3 Å². The number of amides is 1. The standard InChI is InChI=1S/C19H22N2O3/c1-13(2)14-8-10-15(11-9-14)19(22)21-20-12-16-6-5-7-17(23-3)18(16)24-4/h5-13H,1-4H3,(H,21,22). The van der Waals surface area contributed by atoms with Crippen LogP contribution in [0, 0.1) is 0 Å². The molecule has 1 amide bonds. The molecule has 0 bridgehead atoms. The van der Waals surface area contributed by atoms with E-state index < -0.39 is 0 Å². The summed E-state index contributed by atoms with van der Waals surface area (Å²) in [6.07, 6.45) is 1.53. The molecular weight excluding hydrogens is 304 g/mol. The molecule has 2 aromatic rings. The Bertz CT molecular complexity index is 722. The lowest BCUT2D eigenvalue weighted by Gasteiger charge is -2.09. The number of methoxy groups -OCH3 is 2. The number of carbonyl (C=O) groups excluding carboxylic acids is 1. The van der Waals surface area contributed by atoms with E-state index in [9.17, 15) is 4.79 Å². The third kappa shape index (κ3) is 4.13. The van der Waals surface area contributed by atoms with Crippen LogP contribution in [0.25, 0.3) is 0 Å². The Labute approximate surface area is 142 Å². The molecule has 0 spiro atoms. The van der Waals surface area contributed by atoms with Crippen LogP contribution in [-0.2, 0) is 0 Å². The van der Waals surface area contributed by atoms with Crippen molar-refractivity contribution in [2.45, 2.75) is 19.8 Å².